The number of anilines is 1. The van der Waals surface area contributed by atoms with Gasteiger partial charge in [-0.15, -0.1) is 0 Å². The Morgan fingerprint density at radius 3 is 2.31 bits per heavy atom. The predicted molar refractivity (Wildman–Crippen MR) is 100 cm³/mol. The smallest absolute Gasteiger partial charge is 0.233 e. The number of piperazine rings is 1. The molecular formula is C19H26N4O3. The summed E-state index contributed by atoms with van der Waals surface area (Å²) in [5.74, 6) is 3.17. The first-order valence-corrected chi connectivity index (χ1v) is 8.97. The molecule has 0 amide bonds. The van der Waals surface area contributed by atoms with Gasteiger partial charge in [0.1, 0.15) is 18.1 Å². The number of nitrogens with zero attached hydrogens (tertiary/aromatic N) is 4. The van der Waals surface area contributed by atoms with Gasteiger partial charge in [0.2, 0.25) is 5.88 Å². The fourth-order valence-electron chi connectivity index (χ4n) is 2.88. The summed E-state index contributed by atoms with van der Waals surface area (Å²) in [6.07, 6.45) is 3.41. The first-order chi connectivity index (χ1) is 12.8. The van der Waals surface area contributed by atoms with E-state index in [9.17, 15) is 0 Å². The summed E-state index contributed by atoms with van der Waals surface area (Å²) in [6.45, 7) is 8.03. The normalized spacial score (nSPS) is 14.9. The summed E-state index contributed by atoms with van der Waals surface area (Å²) in [4.78, 5) is 13.3. The highest BCUT2D eigenvalue weighted by atomic mass is 16.5. The Morgan fingerprint density at radius 2 is 1.65 bits per heavy atom. The first-order valence-electron chi connectivity index (χ1n) is 8.97. The lowest BCUT2D eigenvalue weighted by molar-refractivity contribution is 0.200. The van der Waals surface area contributed by atoms with Crippen molar-refractivity contribution >= 4 is 5.82 Å². The van der Waals surface area contributed by atoms with Crippen molar-refractivity contribution in [1.82, 2.24) is 14.9 Å². The molecule has 7 nitrogen and oxygen atoms in total. The van der Waals surface area contributed by atoms with Gasteiger partial charge in [-0.25, -0.2) is 0 Å². The average Bonchev–Trinajstić information content (AvgIpc) is 2.70. The van der Waals surface area contributed by atoms with Crippen LogP contribution in [0.5, 0.6) is 17.4 Å². The Labute approximate surface area is 154 Å². The molecule has 0 atom stereocenters. The summed E-state index contributed by atoms with van der Waals surface area (Å²) in [6, 6.07) is 7.77. The summed E-state index contributed by atoms with van der Waals surface area (Å²) < 4.78 is 16.4. The highest BCUT2D eigenvalue weighted by Crippen LogP contribution is 2.18. The minimum Gasteiger partial charge on any atom is -0.494 e. The Balaban J connectivity index is 1.40. The molecule has 0 spiro atoms. The van der Waals surface area contributed by atoms with E-state index in [2.05, 4.69) is 19.8 Å². The molecule has 1 saturated heterocycles. The first kappa shape index (κ1) is 18.3. The van der Waals surface area contributed by atoms with Gasteiger partial charge >= 0.3 is 0 Å². The topological polar surface area (TPSA) is 60.0 Å². The van der Waals surface area contributed by atoms with Crippen LogP contribution in [0.25, 0.3) is 0 Å². The van der Waals surface area contributed by atoms with Crippen LogP contribution in [0.15, 0.2) is 36.7 Å². The van der Waals surface area contributed by atoms with Gasteiger partial charge in [0.25, 0.3) is 0 Å². The van der Waals surface area contributed by atoms with Gasteiger partial charge in [-0.2, -0.15) is 4.98 Å². The van der Waals surface area contributed by atoms with E-state index in [0.717, 1.165) is 50.0 Å². The van der Waals surface area contributed by atoms with Crippen LogP contribution in [-0.4, -0.2) is 67.9 Å². The maximum atomic E-state index is 5.83. The SMILES string of the molecule is CCOc1ccc(OCCN2CCN(c3cncc(OC)n3)CC2)cc1. The molecule has 0 N–H and O–H groups in total. The number of aromatic nitrogens is 2. The van der Waals surface area contributed by atoms with E-state index in [4.69, 9.17) is 14.2 Å². The lowest BCUT2D eigenvalue weighted by atomic mass is 10.3. The van der Waals surface area contributed by atoms with Crippen LogP contribution in [0.2, 0.25) is 0 Å². The molecule has 2 aromatic rings. The highest BCUT2D eigenvalue weighted by molar-refractivity contribution is 5.38. The van der Waals surface area contributed by atoms with E-state index in [1.54, 1.807) is 19.5 Å². The third-order valence-electron chi connectivity index (χ3n) is 4.32. The summed E-state index contributed by atoms with van der Waals surface area (Å²) >= 11 is 0. The molecule has 26 heavy (non-hydrogen) atoms. The van der Waals surface area contributed by atoms with Gasteiger partial charge in [0.15, 0.2) is 5.82 Å². The largest absolute Gasteiger partial charge is 0.494 e. The van der Waals surface area contributed by atoms with Gasteiger partial charge in [-0.1, -0.05) is 0 Å². The van der Waals surface area contributed by atoms with E-state index in [1.807, 2.05) is 31.2 Å². The minimum absolute atomic E-state index is 0.550. The fraction of sp³-hybridized carbons (Fsp3) is 0.474. The molecule has 3 rings (SSSR count). The van der Waals surface area contributed by atoms with Crippen LogP contribution < -0.4 is 19.1 Å². The standard InChI is InChI=1S/C19H26N4O3/c1-3-25-16-4-6-17(7-5-16)26-13-12-22-8-10-23(11-9-22)18-14-20-15-19(21-18)24-2/h4-7,14-15H,3,8-13H2,1-2H3. The predicted octanol–water partition coefficient (Wildman–Crippen LogP) is 2.08. The molecule has 0 bridgehead atoms. The van der Waals surface area contributed by atoms with Crippen LogP contribution in [-0.2, 0) is 0 Å². The molecule has 0 aliphatic carbocycles. The van der Waals surface area contributed by atoms with E-state index in [1.165, 1.54) is 0 Å². The van der Waals surface area contributed by atoms with E-state index >= 15 is 0 Å². The van der Waals surface area contributed by atoms with E-state index < -0.39 is 0 Å². The lowest BCUT2D eigenvalue weighted by Crippen LogP contribution is -2.47. The van der Waals surface area contributed by atoms with Crippen molar-refractivity contribution in [2.24, 2.45) is 0 Å². The number of ether oxygens (including phenoxy) is 3. The van der Waals surface area contributed by atoms with Crippen molar-refractivity contribution in [3.8, 4) is 17.4 Å². The zero-order valence-electron chi connectivity index (χ0n) is 15.4. The van der Waals surface area contributed by atoms with Gasteiger partial charge in [-0.3, -0.25) is 9.88 Å². The Hall–Kier alpha value is -2.54. The second kappa shape index (κ2) is 9.24. The molecule has 1 fully saturated rings. The molecule has 2 heterocycles. The minimum atomic E-state index is 0.550. The summed E-state index contributed by atoms with van der Waals surface area (Å²) in [7, 11) is 1.61. The van der Waals surface area contributed by atoms with Gasteiger partial charge < -0.3 is 19.1 Å². The van der Waals surface area contributed by atoms with Crippen molar-refractivity contribution in [1.29, 1.82) is 0 Å². The molecule has 0 radical (unpaired) electrons. The second-order valence-electron chi connectivity index (χ2n) is 6.00. The molecule has 1 aromatic heterocycles. The molecule has 1 aromatic carbocycles. The van der Waals surface area contributed by atoms with Crippen LogP contribution in [0.3, 0.4) is 0 Å². The molecule has 7 heteroatoms. The third kappa shape index (κ3) is 4.98. The van der Waals surface area contributed by atoms with Crippen molar-refractivity contribution in [3.05, 3.63) is 36.7 Å². The van der Waals surface area contributed by atoms with Crippen LogP contribution >= 0.6 is 0 Å². The monoisotopic (exact) mass is 358 g/mol. The summed E-state index contributed by atoms with van der Waals surface area (Å²) in [5.41, 5.74) is 0. The number of hydrogen-bond donors (Lipinski definition) is 0. The van der Waals surface area contributed by atoms with Gasteiger partial charge in [0, 0.05) is 32.7 Å². The van der Waals surface area contributed by atoms with Crippen molar-refractivity contribution in [2.45, 2.75) is 6.92 Å². The van der Waals surface area contributed by atoms with Crippen molar-refractivity contribution in [3.63, 3.8) is 0 Å². The van der Waals surface area contributed by atoms with E-state index in [-0.39, 0.29) is 0 Å². The molecule has 1 aliphatic rings. The van der Waals surface area contributed by atoms with Crippen LogP contribution in [0.1, 0.15) is 6.92 Å². The highest BCUT2D eigenvalue weighted by Gasteiger charge is 2.18. The maximum Gasteiger partial charge on any atom is 0.233 e. The zero-order chi connectivity index (χ0) is 18.2. The van der Waals surface area contributed by atoms with Gasteiger partial charge in [-0.05, 0) is 31.2 Å². The molecule has 0 saturated carbocycles. The molecule has 1 aliphatic heterocycles. The Bertz CT molecular complexity index is 673. The Kier molecular flexibility index (Phi) is 6.49. The third-order valence-corrected chi connectivity index (χ3v) is 4.32. The number of hydrogen-bond acceptors (Lipinski definition) is 7. The summed E-state index contributed by atoms with van der Waals surface area (Å²) in [5, 5.41) is 0. The Morgan fingerprint density at radius 1 is 0.962 bits per heavy atom. The van der Waals surface area contributed by atoms with Gasteiger partial charge in [0.05, 0.1) is 26.1 Å². The van der Waals surface area contributed by atoms with Crippen molar-refractivity contribution < 1.29 is 14.2 Å². The number of rotatable bonds is 8. The van der Waals surface area contributed by atoms with Crippen molar-refractivity contribution in [2.75, 3.05) is 57.9 Å². The molecule has 140 valence electrons. The quantitative estimate of drug-likeness (QED) is 0.716. The average molecular weight is 358 g/mol. The second-order valence-corrected chi connectivity index (χ2v) is 6.00. The number of methoxy groups -OCH3 is 1. The lowest BCUT2D eigenvalue weighted by Gasteiger charge is -2.35. The number of benzene rings is 1. The zero-order valence-corrected chi connectivity index (χ0v) is 15.4. The fourth-order valence-corrected chi connectivity index (χ4v) is 2.88. The maximum absolute atomic E-state index is 5.83. The van der Waals surface area contributed by atoms with E-state index in [0.29, 0.717) is 19.1 Å². The molecular weight excluding hydrogens is 332 g/mol. The molecule has 0 unspecified atom stereocenters. The van der Waals surface area contributed by atoms with Crippen LogP contribution in [0, 0.1) is 0 Å². The van der Waals surface area contributed by atoms with Crippen LogP contribution in [0.4, 0.5) is 5.82 Å².